The number of ether oxygens (including phenoxy) is 2. The summed E-state index contributed by atoms with van der Waals surface area (Å²) >= 11 is 0. The SMILES string of the molecule is CC1N=C(Nc2cc(F)c(Oc3ccnc4[nH]cc(-c5ccc(C#N)nc5)c34)c(F)c2)OCC1CO. The van der Waals surface area contributed by atoms with E-state index in [0.717, 1.165) is 12.1 Å². The number of amidine groups is 1. The molecule has 2 unspecified atom stereocenters. The summed E-state index contributed by atoms with van der Waals surface area (Å²) in [6.45, 7) is 1.99. The van der Waals surface area contributed by atoms with Crippen LogP contribution in [0.3, 0.4) is 0 Å². The maximum Gasteiger partial charge on any atom is 0.289 e. The Morgan fingerprint density at radius 3 is 2.72 bits per heavy atom. The van der Waals surface area contributed by atoms with Gasteiger partial charge in [0.05, 0.1) is 24.6 Å². The van der Waals surface area contributed by atoms with Gasteiger partial charge in [-0.15, -0.1) is 0 Å². The van der Waals surface area contributed by atoms with Crippen molar-refractivity contribution in [2.75, 3.05) is 18.5 Å². The fourth-order valence-corrected chi connectivity index (χ4v) is 3.85. The Kier molecular flexibility index (Phi) is 6.18. The van der Waals surface area contributed by atoms with E-state index in [1.54, 1.807) is 18.3 Å². The predicted molar refractivity (Wildman–Crippen MR) is 128 cm³/mol. The first-order valence-corrected chi connectivity index (χ1v) is 11.0. The summed E-state index contributed by atoms with van der Waals surface area (Å²) in [6, 6.07) is 8.81. The minimum Gasteiger partial charge on any atom is -0.465 e. The van der Waals surface area contributed by atoms with Crippen LogP contribution in [0.1, 0.15) is 12.6 Å². The molecule has 0 radical (unpaired) electrons. The summed E-state index contributed by atoms with van der Waals surface area (Å²) in [5.74, 6) is -2.41. The number of aliphatic hydroxyl groups excluding tert-OH is 1. The molecule has 4 aromatic rings. The number of halogens is 2. The molecule has 2 atom stereocenters. The van der Waals surface area contributed by atoms with Gasteiger partial charge in [-0.3, -0.25) is 0 Å². The lowest BCUT2D eigenvalue weighted by atomic mass is 10.0. The van der Waals surface area contributed by atoms with Gasteiger partial charge in [-0.1, -0.05) is 0 Å². The van der Waals surface area contributed by atoms with Crippen molar-refractivity contribution in [3.63, 3.8) is 0 Å². The zero-order valence-electron chi connectivity index (χ0n) is 19.0. The highest BCUT2D eigenvalue weighted by Gasteiger charge is 2.24. The topological polar surface area (TPSA) is 128 Å². The molecule has 11 heteroatoms. The number of benzene rings is 1. The Labute approximate surface area is 204 Å². The van der Waals surface area contributed by atoms with Crippen LogP contribution in [0.25, 0.3) is 22.2 Å². The lowest BCUT2D eigenvalue weighted by Crippen LogP contribution is -2.35. The van der Waals surface area contributed by atoms with Gasteiger partial charge in [0.15, 0.2) is 17.4 Å². The number of hydrogen-bond donors (Lipinski definition) is 3. The van der Waals surface area contributed by atoms with Crippen LogP contribution >= 0.6 is 0 Å². The Morgan fingerprint density at radius 2 is 2.06 bits per heavy atom. The molecule has 0 amide bonds. The zero-order chi connectivity index (χ0) is 25.2. The van der Waals surface area contributed by atoms with Gasteiger partial charge in [-0.2, -0.15) is 5.26 Å². The van der Waals surface area contributed by atoms with Gasteiger partial charge in [0.2, 0.25) is 0 Å². The number of anilines is 1. The molecule has 3 N–H and O–H groups in total. The Bertz CT molecular complexity index is 1470. The van der Waals surface area contributed by atoms with E-state index < -0.39 is 17.4 Å². The Balaban J connectivity index is 1.44. The molecular formula is C25H20F2N6O3. The highest BCUT2D eigenvalue weighted by molar-refractivity contribution is 5.98. The number of nitriles is 1. The predicted octanol–water partition coefficient (Wildman–Crippen LogP) is 4.36. The summed E-state index contributed by atoms with van der Waals surface area (Å²) in [6.07, 6.45) is 4.67. The molecule has 5 rings (SSSR count). The number of H-pyrrole nitrogens is 1. The molecular weight excluding hydrogens is 470 g/mol. The summed E-state index contributed by atoms with van der Waals surface area (Å²) in [5, 5.41) is 21.6. The van der Waals surface area contributed by atoms with E-state index in [4.69, 9.17) is 14.7 Å². The van der Waals surface area contributed by atoms with E-state index >= 15 is 0 Å². The minimum absolute atomic E-state index is 0.0694. The van der Waals surface area contributed by atoms with Crippen molar-refractivity contribution >= 4 is 22.7 Å². The van der Waals surface area contributed by atoms with Gasteiger partial charge in [-0.25, -0.2) is 23.7 Å². The second kappa shape index (κ2) is 9.59. The molecule has 4 heterocycles. The zero-order valence-corrected chi connectivity index (χ0v) is 19.0. The van der Waals surface area contributed by atoms with E-state index in [2.05, 4.69) is 25.3 Å². The highest BCUT2D eigenvalue weighted by atomic mass is 19.1. The van der Waals surface area contributed by atoms with E-state index in [1.165, 1.54) is 18.5 Å². The largest absolute Gasteiger partial charge is 0.465 e. The number of hydrogen-bond acceptors (Lipinski definition) is 8. The Hall–Kier alpha value is -4.56. The molecule has 182 valence electrons. The average Bonchev–Trinajstić information content (AvgIpc) is 3.31. The smallest absolute Gasteiger partial charge is 0.289 e. The number of nitrogens with zero attached hydrogens (tertiary/aromatic N) is 4. The van der Waals surface area contributed by atoms with Crippen LogP contribution in [0.15, 0.2) is 53.9 Å². The van der Waals surface area contributed by atoms with Crippen molar-refractivity contribution in [2.24, 2.45) is 10.9 Å². The van der Waals surface area contributed by atoms with Crippen LogP contribution in [0.5, 0.6) is 11.5 Å². The number of fused-ring (bicyclic) bond motifs is 1. The van der Waals surface area contributed by atoms with Crippen molar-refractivity contribution in [3.05, 3.63) is 66.3 Å². The first-order valence-electron chi connectivity index (χ1n) is 11.0. The summed E-state index contributed by atoms with van der Waals surface area (Å²) in [4.78, 5) is 15.6. The maximum atomic E-state index is 15.0. The third-order valence-corrected chi connectivity index (χ3v) is 5.86. The second-order valence-corrected chi connectivity index (χ2v) is 8.20. The molecule has 0 fully saturated rings. The first kappa shape index (κ1) is 23.2. The van der Waals surface area contributed by atoms with E-state index in [-0.39, 0.29) is 48.3 Å². The summed E-state index contributed by atoms with van der Waals surface area (Å²) < 4.78 is 41.1. The number of pyridine rings is 2. The molecule has 36 heavy (non-hydrogen) atoms. The monoisotopic (exact) mass is 490 g/mol. The van der Waals surface area contributed by atoms with Crippen molar-refractivity contribution in [2.45, 2.75) is 13.0 Å². The molecule has 0 saturated heterocycles. The molecule has 0 saturated carbocycles. The van der Waals surface area contributed by atoms with Crippen LogP contribution in [0, 0.1) is 28.9 Å². The van der Waals surface area contributed by atoms with Crippen LogP contribution in [-0.2, 0) is 4.74 Å². The number of rotatable bonds is 5. The van der Waals surface area contributed by atoms with Crippen molar-refractivity contribution < 1.29 is 23.4 Å². The molecule has 0 bridgehead atoms. The van der Waals surface area contributed by atoms with E-state index in [1.807, 2.05) is 13.0 Å². The molecule has 1 aromatic carbocycles. The standard InChI is InChI=1S/C25H20F2N6O3/c1-13-15(11-34)12-35-25(32-13)33-17-6-19(26)23(20(27)7-17)36-21-4-5-29-24-22(21)18(10-31-24)14-2-3-16(8-28)30-9-14/h2-7,9-10,13,15,34H,11-12H2,1H3,(H,29,31)(H,32,33). The van der Waals surface area contributed by atoms with Crippen molar-refractivity contribution in [3.8, 4) is 28.7 Å². The molecule has 3 aromatic heterocycles. The highest BCUT2D eigenvalue weighted by Crippen LogP contribution is 2.38. The van der Waals surface area contributed by atoms with E-state index in [0.29, 0.717) is 22.2 Å². The Morgan fingerprint density at radius 1 is 1.25 bits per heavy atom. The van der Waals surface area contributed by atoms with Gasteiger partial charge in [0.25, 0.3) is 6.02 Å². The van der Waals surface area contributed by atoms with Gasteiger partial charge in [0, 0.05) is 53.5 Å². The summed E-state index contributed by atoms with van der Waals surface area (Å²) in [7, 11) is 0. The fraction of sp³-hybridized carbons (Fsp3) is 0.200. The number of aromatic amines is 1. The average molecular weight is 490 g/mol. The number of nitrogens with one attached hydrogen (secondary N) is 2. The van der Waals surface area contributed by atoms with Crippen molar-refractivity contribution in [1.82, 2.24) is 15.0 Å². The van der Waals surface area contributed by atoms with Crippen LogP contribution in [0.2, 0.25) is 0 Å². The van der Waals surface area contributed by atoms with Crippen LogP contribution < -0.4 is 10.1 Å². The van der Waals surface area contributed by atoms with Crippen molar-refractivity contribution in [1.29, 1.82) is 5.26 Å². The maximum absolute atomic E-state index is 15.0. The lowest BCUT2D eigenvalue weighted by Gasteiger charge is -2.26. The number of aliphatic imine (C=N–C) groups is 1. The van der Waals surface area contributed by atoms with Gasteiger partial charge >= 0.3 is 0 Å². The van der Waals surface area contributed by atoms with E-state index in [9.17, 15) is 13.9 Å². The number of aliphatic hydroxyl groups is 1. The second-order valence-electron chi connectivity index (χ2n) is 8.20. The van der Waals surface area contributed by atoms with Gasteiger partial charge in [0.1, 0.15) is 23.2 Å². The minimum atomic E-state index is -0.933. The van der Waals surface area contributed by atoms with Crippen LogP contribution in [-0.4, -0.2) is 45.3 Å². The van der Waals surface area contributed by atoms with Gasteiger partial charge in [-0.05, 0) is 25.1 Å². The third-order valence-electron chi connectivity index (χ3n) is 5.86. The first-order chi connectivity index (χ1) is 17.5. The fourth-order valence-electron chi connectivity index (χ4n) is 3.85. The molecule has 1 aliphatic rings. The van der Waals surface area contributed by atoms with Crippen LogP contribution in [0.4, 0.5) is 14.5 Å². The normalized spacial score (nSPS) is 17.2. The third kappa shape index (κ3) is 4.42. The summed E-state index contributed by atoms with van der Waals surface area (Å²) in [5.41, 5.74) is 2.13. The molecule has 9 nitrogen and oxygen atoms in total. The quantitative estimate of drug-likeness (QED) is 0.379. The van der Waals surface area contributed by atoms with Gasteiger partial charge < -0.3 is 24.9 Å². The lowest BCUT2D eigenvalue weighted by molar-refractivity contribution is 0.125. The molecule has 1 aliphatic heterocycles. The molecule has 0 spiro atoms. The molecule has 0 aliphatic carbocycles. The number of aromatic nitrogens is 3.